The SMILES string of the molecule is COCC1(C(=O)Nc2ccc(Cl)cc2C)CCNCC1.Cl. The van der Waals surface area contributed by atoms with Crippen LogP contribution in [0.25, 0.3) is 0 Å². The first kappa shape index (κ1) is 18.2. The van der Waals surface area contributed by atoms with Gasteiger partial charge in [0.25, 0.3) is 0 Å². The van der Waals surface area contributed by atoms with E-state index < -0.39 is 5.41 Å². The standard InChI is InChI=1S/C15H21ClN2O2.ClH/c1-11-9-12(16)3-4-13(11)18-14(19)15(10-20-2)5-7-17-8-6-15;/h3-4,9,17H,5-8,10H2,1-2H3,(H,18,19);1H. The number of halogens is 2. The Morgan fingerprint density at radius 2 is 2.10 bits per heavy atom. The molecule has 1 aliphatic heterocycles. The van der Waals surface area contributed by atoms with Gasteiger partial charge in [-0.3, -0.25) is 4.79 Å². The van der Waals surface area contributed by atoms with Crippen LogP contribution in [0.4, 0.5) is 5.69 Å². The number of anilines is 1. The second-order valence-electron chi connectivity index (χ2n) is 5.38. The monoisotopic (exact) mass is 332 g/mol. The molecular weight excluding hydrogens is 311 g/mol. The van der Waals surface area contributed by atoms with E-state index in [1.165, 1.54) is 0 Å². The highest BCUT2D eigenvalue weighted by atomic mass is 35.5. The molecule has 1 amide bonds. The lowest BCUT2D eigenvalue weighted by atomic mass is 9.78. The summed E-state index contributed by atoms with van der Waals surface area (Å²) in [6, 6.07) is 5.48. The molecule has 2 N–H and O–H groups in total. The van der Waals surface area contributed by atoms with Gasteiger partial charge < -0.3 is 15.4 Å². The molecule has 0 atom stereocenters. The van der Waals surface area contributed by atoms with Crippen molar-refractivity contribution in [2.45, 2.75) is 19.8 Å². The summed E-state index contributed by atoms with van der Waals surface area (Å²) in [6.07, 6.45) is 1.58. The fourth-order valence-corrected chi connectivity index (χ4v) is 2.87. The van der Waals surface area contributed by atoms with Gasteiger partial charge in [-0.1, -0.05) is 11.6 Å². The highest BCUT2D eigenvalue weighted by Crippen LogP contribution is 2.31. The molecule has 0 aliphatic carbocycles. The Kier molecular flexibility index (Phi) is 6.94. The number of piperidine rings is 1. The van der Waals surface area contributed by atoms with Crippen molar-refractivity contribution in [2.75, 3.05) is 32.1 Å². The second kappa shape index (κ2) is 7.99. The van der Waals surface area contributed by atoms with E-state index in [0.29, 0.717) is 11.6 Å². The van der Waals surface area contributed by atoms with Gasteiger partial charge >= 0.3 is 0 Å². The van der Waals surface area contributed by atoms with E-state index in [9.17, 15) is 4.79 Å². The smallest absolute Gasteiger partial charge is 0.233 e. The zero-order valence-electron chi connectivity index (χ0n) is 12.4. The van der Waals surface area contributed by atoms with Crippen molar-refractivity contribution >= 4 is 35.6 Å². The lowest BCUT2D eigenvalue weighted by molar-refractivity contribution is -0.130. The van der Waals surface area contributed by atoms with E-state index in [0.717, 1.165) is 37.2 Å². The lowest BCUT2D eigenvalue weighted by Crippen LogP contribution is -2.47. The van der Waals surface area contributed by atoms with E-state index in [1.54, 1.807) is 13.2 Å². The van der Waals surface area contributed by atoms with Gasteiger partial charge in [-0.15, -0.1) is 12.4 Å². The summed E-state index contributed by atoms with van der Waals surface area (Å²) < 4.78 is 5.28. The Morgan fingerprint density at radius 3 is 2.67 bits per heavy atom. The van der Waals surface area contributed by atoms with Gasteiger partial charge in [0, 0.05) is 17.8 Å². The predicted molar refractivity (Wildman–Crippen MR) is 88.5 cm³/mol. The van der Waals surface area contributed by atoms with Crippen LogP contribution in [0.3, 0.4) is 0 Å². The maximum absolute atomic E-state index is 12.7. The third-order valence-corrected chi connectivity index (χ3v) is 4.13. The third kappa shape index (κ3) is 4.33. The molecule has 1 heterocycles. The molecule has 0 aromatic heterocycles. The summed E-state index contributed by atoms with van der Waals surface area (Å²) in [5, 5.41) is 6.98. The van der Waals surface area contributed by atoms with Gasteiger partial charge in [0.2, 0.25) is 5.91 Å². The van der Waals surface area contributed by atoms with Crippen LogP contribution in [-0.2, 0) is 9.53 Å². The van der Waals surface area contributed by atoms with Crippen LogP contribution in [0, 0.1) is 12.3 Å². The molecule has 1 aromatic carbocycles. The minimum Gasteiger partial charge on any atom is -0.384 e. The van der Waals surface area contributed by atoms with Crippen molar-refractivity contribution in [3.63, 3.8) is 0 Å². The summed E-state index contributed by atoms with van der Waals surface area (Å²) in [5.41, 5.74) is 1.34. The summed E-state index contributed by atoms with van der Waals surface area (Å²) >= 11 is 5.94. The molecule has 0 bridgehead atoms. The first-order valence-corrected chi connectivity index (χ1v) is 7.22. The van der Waals surface area contributed by atoms with Crippen molar-refractivity contribution in [1.82, 2.24) is 5.32 Å². The molecule has 1 fully saturated rings. The molecule has 0 radical (unpaired) electrons. The van der Waals surface area contributed by atoms with Crippen LogP contribution in [-0.4, -0.2) is 32.7 Å². The number of carbonyl (C=O) groups excluding carboxylic acids is 1. The lowest BCUT2D eigenvalue weighted by Gasteiger charge is -2.35. The summed E-state index contributed by atoms with van der Waals surface area (Å²) in [7, 11) is 1.64. The molecule has 1 aliphatic rings. The number of aryl methyl sites for hydroxylation is 1. The molecular formula is C15H22Cl2N2O2. The Balaban J connectivity index is 0.00000220. The molecule has 21 heavy (non-hydrogen) atoms. The number of hydrogen-bond donors (Lipinski definition) is 2. The number of amides is 1. The molecule has 6 heteroatoms. The fourth-order valence-electron chi connectivity index (χ4n) is 2.64. The Hall–Kier alpha value is -0.810. The average Bonchev–Trinajstić information content (AvgIpc) is 2.43. The molecule has 0 spiro atoms. The minimum absolute atomic E-state index is 0. The Morgan fingerprint density at radius 1 is 1.43 bits per heavy atom. The van der Waals surface area contributed by atoms with Crippen LogP contribution in [0.15, 0.2) is 18.2 Å². The first-order valence-electron chi connectivity index (χ1n) is 6.85. The molecule has 1 aromatic rings. The summed E-state index contributed by atoms with van der Waals surface area (Å²) in [4.78, 5) is 12.7. The van der Waals surface area contributed by atoms with Gasteiger partial charge in [-0.2, -0.15) is 0 Å². The minimum atomic E-state index is -0.438. The zero-order chi connectivity index (χ0) is 14.6. The second-order valence-corrected chi connectivity index (χ2v) is 5.81. The number of ether oxygens (including phenoxy) is 1. The largest absolute Gasteiger partial charge is 0.384 e. The average molecular weight is 333 g/mol. The maximum Gasteiger partial charge on any atom is 0.233 e. The van der Waals surface area contributed by atoms with Crippen LogP contribution >= 0.6 is 24.0 Å². The van der Waals surface area contributed by atoms with Crippen molar-refractivity contribution in [2.24, 2.45) is 5.41 Å². The summed E-state index contributed by atoms with van der Waals surface area (Å²) in [6.45, 7) is 4.08. The fraction of sp³-hybridized carbons (Fsp3) is 0.533. The van der Waals surface area contributed by atoms with Crippen LogP contribution in [0.1, 0.15) is 18.4 Å². The van der Waals surface area contributed by atoms with Crippen molar-refractivity contribution < 1.29 is 9.53 Å². The van der Waals surface area contributed by atoms with Gasteiger partial charge in [0.1, 0.15) is 0 Å². The third-order valence-electron chi connectivity index (χ3n) is 3.90. The predicted octanol–water partition coefficient (Wildman–Crippen LogP) is 3.02. The Bertz CT molecular complexity index is 483. The number of rotatable bonds is 4. The number of carbonyl (C=O) groups is 1. The van der Waals surface area contributed by atoms with E-state index in [1.807, 2.05) is 19.1 Å². The molecule has 0 saturated carbocycles. The van der Waals surface area contributed by atoms with E-state index in [-0.39, 0.29) is 18.3 Å². The highest BCUT2D eigenvalue weighted by molar-refractivity contribution is 6.30. The molecule has 0 unspecified atom stereocenters. The van der Waals surface area contributed by atoms with Gasteiger partial charge in [0.15, 0.2) is 0 Å². The maximum atomic E-state index is 12.7. The molecule has 1 saturated heterocycles. The van der Waals surface area contributed by atoms with Gasteiger partial charge in [-0.05, 0) is 56.6 Å². The van der Waals surface area contributed by atoms with Gasteiger partial charge in [0.05, 0.1) is 12.0 Å². The normalized spacial score (nSPS) is 16.9. The van der Waals surface area contributed by atoms with Crippen LogP contribution < -0.4 is 10.6 Å². The quantitative estimate of drug-likeness (QED) is 0.891. The number of nitrogens with one attached hydrogen (secondary N) is 2. The van der Waals surface area contributed by atoms with Crippen molar-refractivity contribution in [3.05, 3.63) is 28.8 Å². The number of hydrogen-bond acceptors (Lipinski definition) is 3. The van der Waals surface area contributed by atoms with E-state index in [4.69, 9.17) is 16.3 Å². The van der Waals surface area contributed by atoms with Crippen molar-refractivity contribution in [3.8, 4) is 0 Å². The molecule has 118 valence electrons. The van der Waals surface area contributed by atoms with Crippen LogP contribution in [0.5, 0.6) is 0 Å². The van der Waals surface area contributed by atoms with Gasteiger partial charge in [-0.25, -0.2) is 0 Å². The molecule has 4 nitrogen and oxygen atoms in total. The highest BCUT2D eigenvalue weighted by Gasteiger charge is 2.39. The zero-order valence-corrected chi connectivity index (χ0v) is 13.9. The van der Waals surface area contributed by atoms with Crippen LogP contribution in [0.2, 0.25) is 5.02 Å². The number of methoxy groups -OCH3 is 1. The van der Waals surface area contributed by atoms with E-state index in [2.05, 4.69) is 10.6 Å². The Labute approximate surface area is 137 Å². The van der Waals surface area contributed by atoms with E-state index >= 15 is 0 Å². The number of benzene rings is 1. The topological polar surface area (TPSA) is 50.4 Å². The van der Waals surface area contributed by atoms with Crippen molar-refractivity contribution in [1.29, 1.82) is 0 Å². The first-order chi connectivity index (χ1) is 9.57. The summed E-state index contributed by atoms with van der Waals surface area (Å²) in [5.74, 6) is 0.0336. The molecule has 2 rings (SSSR count).